The molecule has 0 saturated carbocycles. The van der Waals surface area contributed by atoms with E-state index in [1.807, 2.05) is 30.3 Å². The van der Waals surface area contributed by atoms with E-state index >= 15 is 0 Å². The van der Waals surface area contributed by atoms with Crippen molar-refractivity contribution in [2.45, 2.75) is 32.6 Å². The average Bonchev–Trinajstić information content (AvgIpc) is 2.99. The maximum Gasteiger partial charge on any atom is 0.274 e. The van der Waals surface area contributed by atoms with Crippen LogP contribution in [0, 0.1) is 0 Å². The van der Waals surface area contributed by atoms with Gasteiger partial charge in [-0.2, -0.15) is 9.50 Å². The number of H-pyrrole nitrogens is 1. The molecule has 3 aromatic rings. The van der Waals surface area contributed by atoms with Crippen LogP contribution >= 0.6 is 0 Å². The van der Waals surface area contributed by atoms with Crippen LogP contribution < -0.4 is 10.9 Å². The van der Waals surface area contributed by atoms with Gasteiger partial charge in [0.1, 0.15) is 0 Å². The summed E-state index contributed by atoms with van der Waals surface area (Å²) >= 11 is 0. The lowest BCUT2D eigenvalue weighted by atomic mass is 10.1. The lowest BCUT2D eigenvalue weighted by molar-refractivity contribution is -0.116. The summed E-state index contributed by atoms with van der Waals surface area (Å²) in [6.45, 7) is 2.08. The third-order valence-corrected chi connectivity index (χ3v) is 3.67. The Labute approximate surface area is 138 Å². The molecule has 0 unspecified atom stereocenters. The number of anilines is 1. The van der Waals surface area contributed by atoms with Crippen LogP contribution in [-0.2, 0) is 4.79 Å². The van der Waals surface area contributed by atoms with Crippen molar-refractivity contribution in [3.8, 4) is 11.3 Å². The lowest BCUT2D eigenvalue weighted by Gasteiger charge is -2.00. The van der Waals surface area contributed by atoms with E-state index in [0.717, 1.165) is 24.8 Å². The quantitative estimate of drug-likeness (QED) is 0.681. The smallest absolute Gasteiger partial charge is 0.274 e. The number of nitrogens with one attached hydrogen (secondary N) is 2. The topological polar surface area (TPSA) is 92.2 Å². The molecule has 24 heavy (non-hydrogen) atoms. The van der Waals surface area contributed by atoms with Crippen molar-refractivity contribution in [1.29, 1.82) is 0 Å². The minimum Gasteiger partial charge on any atom is -0.295 e. The van der Waals surface area contributed by atoms with Crippen molar-refractivity contribution in [2.24, 2.45) is 0 Å². The van der Waals surface area contributed by atoms with E-state index in [1.165, 1.54) is 10.6 Å². The SMILES string of the molecule is CCCCCC(=O)Nc1nc2nc(-c3ccccc3)cc(=O)n2[nH]1. The fraction of sp³-hybridized carbons (Fsp3) is 0.294. The lowest BCUT2D eigenvalue weighted by Crippen LogP contribution is -2.15. The van der Waals surface area contributed by atoms with E-state index in [0.29, 0.717) is 12.1 Å². The van der Waals surface area contributed by atoms with Crippen LogP contribution in [0.3, 0.4) is 0 Å². The maximum atomic E-state index is 12.2. The maximum absolute atomic E-state index is 12.2. The molecule has 2 heterocycles. The monoisotopic (exact) mass is 325 g/mol. The molecular weight excluding hydrogens is 306 g/mol. The molecule has 3 rings (SSSR count). The standard InChI is InChI=1S/C17H19N5O2/c1-2-3-5-10-14(23)19-16-20-17-18-13(11-15(24)22(17)21-16)12-8-6-4-7-9-12/h4,6-9,11H,2-3,5,10H2,1H3,(H2,18,19,20,21,23). The number of aromatic amines is 1. The van der Waals surface area contributed by atoms with Gasteiger partial charge in [0.15, 0.2) is 0 Å². The zero-order valence-corrected chi connectivity index (χ0v) is 13.5. The minimum atomic E-state index is -0.280. The second-order valence-corrected chi connectivity index (χ2v) is 5.56. The summed E-state index contributed by atoms with van der Waals surface area (Å²) in [4.78, 5) is 32.7. The van der Waals surface area contributed by atoms with E-state index in [2.05, 4.69) is 27.3 Å². The van der Waals surface area contributed by atoms with E-state index in [9.17, 15) is 9.59 Å². The van der Waals surface area contributed by atoms with Gasteiger partial charge in [-0.05, 0) is 6.42 Å². The zero-order chi connectivity index (χ0) is 16.9. The van der Waals surface area contributed by atoms with Crippen molar-refractivity contribution in [1.82, 2.24) is 19.6 Å². The van der Waals surface area contributed by atoms with Crippen LogP contribution in [0.2, 0.25) is 0 Å². The van der Waals surface area contributed by atoms with Gasteiger partial charge in [0.05, 0.1) is 5.69 Å². The van der Waals surface area contributed by atoms with Gasteiger partial charge in [0, 0.05) is 18.1 Å². The molecule has 1 aromatic carbocycles. The number of unbranched alkanes of at least 4 members (excludes halogenated alkanes) is 2. The molecule has 0 aliphatic heterocycles. The van der Waals surface area contributed by atoms with Crippen molar-refractivity contribution in [2.75, 3.05) is 5.32 Å². The van der Waals surface area contributed by atoms with Gasteiger partial charge in [-0.25, -0.2) is 4.98 Å². The Morgan fingerprint density at radius 1 is 1.21 bits per heavy atom. The van der Waals surface area contributed by atoms with E-state index < -0.39 is 0 Å². The van der Waals surface area contributed by atoms with Crippen molar-refractivity contribution in [3.63, 3.8) is 0 Å². The molecule has 7 heteroatoms. The number of rotatable bonds is 6. The summed E-state index contributed by atoms with van der Waals surface area (Å²) in [7, 11) is 0. The Morgan fingerprint density at radius 2 is 2.00 bits per heavy atom. The third-order valence-electron chi connectivity index (χ3n) is 3.67. The first-order valence-corrected chi connectivity index (χ1v) is 8.02. The number of amides is 1. The molecule has 0 aliphatic carbocycles. The highest BCUT2D eigenvalue weighted by molar-refractivity contribution is 5.89. The highest BCUT2D eigenvalue weighted by atomic mass is 16.2. The molecule has 0 saturated heterocycles. The predicted molar refractivity (Wildman–Crippen MR) is 91.8 cm³/mol. The van der Waals surface area contributed by atoms with Crippen LogP contribution in [0.15, 0.2) is 41.2 Å². The molecule has 7 nitrogen and oxygen atoms in total. The van der Waals surface area contributed by atoms with Gasteiger partial charge in [-0.3, -0.25) is 20.0 Å². The van der Waals surface area contributed by atoms with Crippen LogP contribution in [0.5, 0.6) is 0 Å². The van der Waals surface area contributed by atoms with Crippen molar-refractivity contribution in [3.05, 3.63) is 46.8 Å². The minimum absolute atomic E-state index is 0.126. The number of carbonyl (C=O) groups excluding carboxylic acids is 1. The molecule has 124 valence electrons. The van der Waals surface area contributed by atoms with E-state index in [1.54, 1.807) is 0 Å². The van der Waals surface area contributed by atoms with E-state index in [4.69, 9.17) is 0 Å². The average molecular weight is 325 g/mol. The van der Waals surface area contributed by atoms with Gasteiger partial charge in [0.2, 0.25) is 11.9 Å². The molecule has 0 aliphatic rings. The second-order valence-electron chi connectivity index (χ2n) is 5.56. The molecule has 2 aromatic heterocycles. The summed E-state index contributed by atoms with van der Waals surface area (Å²) in [5.74, 6) is 0.329. The first-order chi connectivity index (χ1) is 11.7. The number of aromatic nitrogens is 4. The third kappa shape index (κ3) is 3.51. The molecular formula is C17H19N5O2. The Morgan fingerprint density at radius 3 is 2.75 bits per heavy atom. The highest BCUT2D eigenvalue weighted by Crippen LogP contribution is 2.15. The van der Waals surface area contributed by atoms with Gasteiger partial charge in [-0.15, -0.1) is 0 Å². The molecule has 0 fully saturated rings. The van der Waals surface area contributed by atoms with Crippen molar-refractivity contribution >= 4 is 17.6 Å². The molecule has 0 spiro atoms. The van der Waals surface area contributed by atoms with Crippen LogP contribution in [0.25, 0.3) is 17.0 Å². The zero-order valence-electron chi connectivity index (χ0n) is 13.5. The first kappa shape index (κ1) is 15.9. The van der Waals surface area contributed by atoms with Gasteiger partial charge >= 0.3 is 0 Å². The summed E-state index contributed by atoms with van der Waals surface area (Å²) in [6, 6.07) is 10.8. The normalized spacial score (nSPS) is 10.9. The van der Waals surface area contributed by atoms with Gasteiger partial charge in [-0.1, -0.05) is 50.1 Å². The molecule has 2 N–H and O–H groups in total. The predicted octanol–water partition coefficient (Wildman–Crippen LogP) is 2.60. The Hall–Kier alpha value is -2.96. The summed E-state index contributed by atoms with van der Waals surface area (Å²) in [5.41, 5.74) is 1.11. The van der Waals surface area contributed by atoms with Crippen molar-refractivity contribution < 1.29 is 4.79 Å². The van der Waals surface area contributed by atoms with E-state index in [-0.39, 0.29) is 23.2 Å². The van der Waals surface area contributed by atoms with Gasteiger partial charge in [0.25, 0.3) is 11.3 Å². The number of hydrogen-bond donors (Lipinski definition) is 2. The molecule has 0 bridgehead atoms. The second kappa shape index (κ2) is 7.08. The number of hydrogen-bond acceptors (Lipinski definition) is 4. The van der Waals surface area contributed by atoms with Crippen LogP contribution in [0.1, 0.15) is 32.6 Å². The number of benzene rings is 1. The Balaban J connectivity index is 1.84. The molecule has 0 radical (unpaired) electrons. The Kier molecular flexibility index (Phi) is 4.69. The largest absolute Gasteiger partial charge is 0.295 e. The molecule has 1 amide bonds. The number of carbonyl (C=O) groups is 1. The Bertz CT molecular complexity index is 898. The molecule has 0 atom stereocenters. The summed E-state index contributed by atoms with van der Waals surface area (Å²) < 4.78 is 1.22. The summed E-state index contributed by atoms with van der Waals surface area (Å²) in [6.07, 6.45) is 3.33. The van der Waals surface area contributed by atoms with Gasteiger partial charge < -0.3 is 0 Å². The number of fused-ring (bicyclic) bond motifs is 1. The number of nitrogens with zero attached hydrogens (tertiary/aromatic N) is 3. The highest BCUT2D eigenvalue weighted by Gasteiger charge is 2.11. The van der Waals surface area contributed by atoms with Crippen LogP contribution in [-0.4, -0.2) is 25.5 Å². The van der Waals surface area contributed by atoms with Crippen LogP contribution in [0.4, 0.5) is 5.95 Å². The fourth-order valence-electron chi connectivity index (χ4n) is 2.42. The summed E-state index contributed by atoms with van der Waals surface area (Å²) in [5, 5.41) is 5.43. The fourth-order valence-corrected chi connectivity index (χ4v) is 2.42. The first-order valence-electron chi connectivity index (χ1n) is 8.02.